The highest BCUT2D eigenvalue weighted by Gasteiger charge is 2.29. The molecule has 2 fully saturated rings. The molecule has 0 amide bonds. The Bertz CT molecular complexity index is 311. The number of rotatable bonds is 6. The smallest absolute Gasteiger partial charge is 0.322 e. The summed E-state index contributed by atoms with van der Waals surface area (Å²) in [7, 11) is 1.47. The number of nitrogens with one attached hydrogen (secondary N) is 1. The highest BCUT2D eigenvalue weighted by atomic mass is 16.5. The lowest BCUT2D eigenvalue weighted by molar-refractivity contribution is -0.143. The molecule has 0 aromatic rings. The van der Waals surface area contributed by atoms with Crippen molar-refractivity contribution >= 4 is 5.97 Å². The number of hydrogen-bond donors (Lipinski definition) is 1. The van der Waals surface area contributed by atoms with Crippen LogP contribution in [0.4, 0.5) is 0 Å². The molecule has 2 aliphatic heterocycles. The van der Waals surface area contributed by atoms with Crippen LogP contribution in [0.1, 0.15) is 32.6 Å². The second kappa shape index (κ2) is 7.96. The number of ether oxygens (including phenoxy) is 1. The Labute approximate surface area is 122 Å². The molecule has 0 bridgehead atoms. The predicted molar refractivity (Wildman–Crippen MR) is 79.7 cm³/mol. The SMILES string of the molecule is CCNC(CCN1CCCN2CCCC2C1)C(=O)OC. The van der Waals surface area contributed by atoms with Crippen molar-refractivity contribution < 1.29 is 9.53 Å². The van der Waals surface area contributed by atoms with Crippen LogP contribution in [0.2, 0.25) is 0 Å². The number of carbonyl (C=O) groups is 1. The molecule has 20 heavy (non-hydrogen) atoms. The van der Waals surface area contributed by atoms with Crippen molar-refractivity contribution in [2.45, 2.75) is 44.7 Å². The molecule has 0 spiro atoms. The van der Waals surface area contributed by atoms with Gasteiger partial charge in [-0.15, -0.1) is 0 Å². The van der Waals surface area contributed by atoms with E-state index >= 15 is 0 Å². The maximum absolute atomic E-state index is 11.7. The molecule has 0 aliphatic carbocycles. The molecule has 2 unspecified atom stereocenters. The maximum atomic E-state index is 11.7. The second-order valence-electron chi connectivity index (χ2n) is 5.91. The van der Waals surface area contributed by atoms with Crippen molar-refractivity contribution in [3.63, 3.8) is 0 Å². The first-order chi connectivity index (χ1) is 9.74. The van der Waals surface area contributed by atoms with Gasteiger partial charge in [-0.25, -0.2) is 0 Å². The summed E-state index contributed by atoms with van der Waals surface area (Å²) in [5.41, 5.74) is 0. The topological polar surface area (TPSA) is 44.8 Å². The highest BCUT2D eigenvalue weighted by Crippen LogP contribution is 2.21. The van der Waals surface area contributed by atoms with Gasteiger partial charge in [0, 0.05) is 19.1 Å². The molecule has 5 heteroatoms. The third-order valence-corrected chi connectivity index (χ3v) is 4.56. The molecule has 0 saturated carbocycles. The first kappa shape index (κ1) is 15.7. The van der Waals surface area contributed by atoms with Crippen LogP contribution in [0.25, 0.3) is 0 Å². The molecule has 2 heterocycles. The number of likely N-dealkylation sites (N-methyl/N-ethyl adjacent to an activating group) is 1. The van der Waals surface area contributed by atoms with Gasteiger partial charge in [0.15, 0.2) is 0 Å². The number of nitrogens with zero attached hydrogens (tertiary/aromatic N) is 2. The van der Waals surface area contributed by atoms with E-state index in [4.69, 9.17) is 4.74 Å². The second-order valence-corrected chi connectivity index (χ2v) is 5.91. The summed E-state index contributed by atoms with van der Waals surface area (Å²) in [5, 5.41) is 3.22. The molecule has 2 saturated heterocycles. The fourth-order valence-electron chi connectivity index (χ4n) is 3.49. The average Bonchev–Trinajstić information content (AvgIpc) is 2.80. The van der Waals surface area contributed by atoms with E-state index in [-0.39, 0.29) is 12.0 Å². The number of fused-ring (bicyclic) bond motifs is 1. The van der Waals surface area contributed by atoms with Gasteiger partial charge in [-0.3, -0.25) is 9.69 Å². The Morgan fingerprint density at radius 2 is 2.15 bits per heavy atom. The van der Waals surface area contributed by atoms with Gasteiger partial charge in [0.25, 0.3) is 0 Å². The molecular weight excluding hydrogens is 254 g/mol. The minimum atomic E-state index is -0.159. The van der Waals surface area contributed by atoms with Crippen LogP contribution in [-0.4, -0.2) is 74.2 Å². The first-order valence-electron chi connectivity index (χ1n) is 8.02. The maximum Gasteiger partial charge on any atom is 0.322 e. The normalized spacial score (nSPS) is 26.0. The van der Waals surface area contributed by atoms with Gasteiger partial charge < -0.3 is 15.0 Å². The molecule has 0 radical (unpaired) electrons. The summed E-state index contributed by atoms with van der Waals surface area (Å²) in [6.07, 6.45) is 4.78. The average molecular weight is 283 g/mol. The lowest BCUT2D eigenvalue weighted by Crippen LogP contribution is -2.42. The van der Waals surface area contributed by atoms with Gasteiger partial charge in [-0.05, 0) is 51.9 Å². The zero-order valence-corrected chi connectivity index (χ0v) is 12.9. The Balaban J connectivity index is 1.80. The van der Waals surface area contributed by atoms with Crippen molar-refractivity contribution in [3.05, 3.63) is 0 Å². The lowest BCUT2D eigenvalue weighted by Gasteiger charge is -2.26. The first-order valence-corrected chi connectivity index (χ1v) is 8.02. The van der Waals surface area contributed by atoms with E-state index in [0.29, 0.717) is 0 Å². The monoisotopic (exact) mass is 283 g/mol. The summed E-state index contributed by atoms with van der Waals surface area (Å²) in [6, 6.07) is 0.584. The van der Waals surface area contributed by atoms with Crippen molar-refractivity contribution in [2.75, 3.05) is 46.4 Å². The molecule has 2 atom stereocenters. The molecular formula is C15H29N3O2. The van der Waals surface area contributed by atoms with Gasteiger partial charge in [-0.1, -0.05) is 6.92 Å². The zero-order valence-electron chi connectivity index (χ0n) is 12.9. The summed E-state index contributed by atoms with van der Waals surface area (Å²) in [5.74, 6) is -0.135. The molecule has 1 N–H and O–H groups in total. The van der Waals surface area contributed by atoms with Crippen LogP contribution in [0, 0.1) is 0 Å². The van der Waals surface area contributed by atoms with Crippen LogP contribution in [0.5, 0.6) is 0 Å². The third-order valence-electron chi connectivity index (χ3n) is 4.56. The molecule has 5 nitrogen and oxygen atoms in total. The van der Waals surface area contributed by atoms with Crippen molar-refractivity contribution in [2.24, 2.45) is 0 Å². The Kier molecular flexibility index (Phi) is 6.26. The van der Waals surface area contributed by atoms with E-state index in [9.17, 15) is 4.79 Å². The van der Waals surface area contributed by atoms with E-state index < -0.39 is 0 Å². The standard InChI is InChI=1S/C15H29N3O2/c1-3-16-14(15(19)20-2)7-11-17-8-5-10-18-9-4-6-13(18)12-17/h13-14,16H,3-12H2,1-2H3. The lowest BCUT2D eigenvalue weighted by atomic mass is 10.1. The zero-order chi connectivity index (χ0) is 14.4. The highest BCUT2D eigenvalue weighted by molar-refractivity contribution is 5.75. The minimum Gasteiger partial charge on any atom is -0.468 e. The van der Waals surface area contributed by atoms with Crippen LogP contribution >= 0.6 is 0 Å². The number of hydrogen-bond acceptors (Lipinski definition) is 5. The van der Waals surface area contributed by atoms with Crippen molar-refractivity contribution in [1.82, 2.24) is 15.1 Å². The molecule has 116 valence electrons. The fraction of sp³-hybridized carbons (Fsp3) is 0.933. The van der Waals surface area contributed by atoms with E-state index in [1.165, 1.54) is 46.0 Å². The van der Waals surface area contributed by atoms with Crippen molar-refractivity contribution in [3.8, 4) is 0 Å². The number of esters is 1. The van der Waals surface area contributed by atoms with Gasteiger partial charge in [-0.2, -0.15) is 0 Å². The summed E-state index contributed by atoms with van der Waals surface area (Å²) >= 11 is 0. The predicted octanol–water partition coefficient (Wildman–Crippen LogP) is 0.698. The van der Waals surface area contributed by atoms with Crippen LogP contribution in [0.3, 0.4) is 0 Å². The third kappa shape index (κ3) is 4.17. The molecule has 2 aliphatic rings. The van der Waals surface area contributed by atoms with E-state index in [2.05, 4.69) is 15.1 Å². The van der Waals surface area contributed by atoms with Crippen molar-refractivity contribution in [1.29, 1.82) is 0 Å². The van der Waals surface area contributed by atoms with E-state index in [1.807, 2.05) is 6.92 Å². The largest absolute Gasteiger partial charge is 0.468 e. The minimum absolute atomic E-state index is 0.135. The van der Waals surface area contributed by atoms with E-state index in [0.717, 1.165) is 32.1 Å². The van der Waals surface area contributed by atoms with Gasteiger partial charge >= 0.3 is 5.97 Å². The summed E-state index contributed by atoms with van der Waals surface area (Å²) in [6.45, 7) is 8.66. The molecule has 0 aromatic carbocycles. The number of methoxy groups -OCH3 is 1. The van der Waals surface area contributed by atoms with Crippen LogP contribution in [0.15, 0.2) is 0 Å². The Morgan fingerprint density at radius 1 is 1.35 bits per heavy atom. The van der Waals surface area contributed by atoms with E-state index in [1.54, 1.807) is 0 Å². The summed E-state index contributed by atoms with van der Waals surface area (Å²) < 4.78 is 4.87. The van der Waals surface area contributed by atoms with Gasteiger partial charge in [0.1, 0.15) is 6.04 Å². The van der Waals surface area contributed by atoms with Gasteiger partial charge in [0.05, 0.1) is 7.11 Å². The van der Waals surface area contributed by atoms with Crippen LogP contribution in [-0.2, 0) is 9.53 Å². The fourth-order valence-corrected chi connectivity index (χ4v) is 3.49. The quantitative estimate of drug-likeness (QED) is 0.727. The van der Waals surface area contributed by atoms with Gasteiger partial charge in [0.2, 0.25) is 0 Å². The Morgan fingerprint density at radius 3 is 2.90 bits per heavy atom. The Hall–Kier alpha value is -0.650. The number of carbonyl (C=O) groups excluding carboxylic acids is 1. The molecule has 2 rings (SSSR count). The molecule has 0 aromatic heterocycles. The van der Waals surface area contributed by atoms with Crippen LogP contribution < -0.4 is 5.32 Å². The summed E-state index contributed by atoms with van der Waals surface area (Å²) in [4.78, 5) is 16.9.